The van der Waals surface area contributed by atoms with E-state index in [0.29, 0.717) is 32.2 Å². The lowest BCUT2D eigenvalue weighted by molar-refractivity contribution is -0.122. The minimum atomic E-state index is -0.514. The Hall–Kier alpha value is -0.690. The summed E-state index contributed by atoms with van der Waals surface area (Å²) in [5, 5.41) is 12.9. The van der Waals surface area contributed by atoms with Crippen molar-refractivity contribution in [2.45, 2.75) is 44.8 Å². The number of nitrogens with two attached hydrogens (primary N) is 1. The third-order valence-electron chi connectivity index (χ3n) is 3.58. The van der Waals surface area contributed by atoms with Crippen molar-refractivity contribution < 1.29 is 19.4 Å². The van der Waals surface area contributed by atoms with Crippen LogP contribution in [0.1, 0.15) is 32.6 Å². The van der Waals surface area contributed by atoms with Crippen LogP contribution in [0, 0.1) is 5.92 Å². The number of hydrogen-bond donors (Lipinski definition) is 3. The van der Waals surface area contributed by atoms with Crippen LogP contribution in [0.5, 0.6) is 0 Å². The van der Waals surface area contributed by atoms with Gasteiger partial charge < -0.3 is 25.6 Å². The summed E-state index contributed by atoms with van der Waals surface area (Å²) < 4.78 is 10.8. The van der Waals surface area contributed by atoms with Gasteiger partial charge in [0, 0.05) is 13.1 Å². The van der Waals surface area contributed by atoms with E-state index in [1.54, 1.807) is 0 Å². The van der Waals surface area contributed by atoms with Gasteiger partial charge in [-0.3, -0.25) is 4.79 Å². The fraction of sp³-hybridized carbons (Fsp3) is 0.929. The average Bonchev–Trinajstić information content (AvgIpc) is 2.41. The summed E-state index contributed by atoms with van der Waals surface area (Å²) >= 11 is 0. The summed E-state index contributed by atoms with van der Waals surface area (Å²) in [5.74, 6) is 0.117. The molecular weight excluding hydrogens is 260 g/mol. The van der Waals surface area contributed by atoms with Gasteiger partial charge in [0.2, 0.25) is 5.91 Å². The van der Waals surface area contributed by atoms with E-state index in [4.69, 9.17) is 15.2 Å². The fourth-order valence-corrected chi connectivity index (χ4v) is 2.41. The second kappa shape index (κ2) is 10.1. The zero-order valence-corrected chi connectivity index (χ0v) is 12.3. The minimum Gasteiger partial charge on any atom is -0.389 e. The third kappa shape index (κ3) is 7.79. The summed E-state index contributed by atoms with van der Waals surface area (Å²) in [6.07, 6.45) is 4.60. The van der Waals surface area contributed by atoms with Crippen molar-refractivity contribution in [3.63, 3.8) is 0 Å². The van der Waals surface area contributed by atoms with E-state index in [0.717, 1.165) is 6.42 Å². The lowest BCUT2D eigenvalue weighted by Gasteiger charge is -2.29. The number of rotatable bonds is 10. The van der Waals surface area contributed by atoms with Gasteiger partial charge in [0.25, 0.3) is 0 Å². The highest BCUT2D eigenvalue weighted by Gasteiger charge is 2.22. The van der Waals surface area contributed by atoms with E-state index in [-0.39, 0.29) is 12.7 Å². The van der Waals surface area contributed by atoms with Gasteiger partial charge in [0.05, 0.1) is 25.4 Å². The molecule has 0 heterocycles. The maximum atomic E-state index is 10.4. The van der Waals surface area contributed by atoms with E-state index in [2.05, 4.69) is 12.2 Å². The molecule has 4 N–H and O–H groups in total. The zero-order chi connectivity index (χ0) is 14.8. The van der Waals surface area contributed by atoms with Crippen molar-refractivity contribution in [3.05, 3.63) is 0 Å². The van der Waals surface area contributed by atoms with E-state index >= 15 is 0 Å². The van der Waals surface area contributed by atoms with Crippen LogP contribution in [0.4, 0.5) is 0 Å². The Labute approximate surface area is 121 Å². The maximum Gasteiger partial charge on any atom is 0.243 e. The molecule has 1 amide bonds. The standard InChI is InChI=1S/C14H28N2O4/c1-11-4-2-3-5-13(11)20-9-12(17)8-16-6-7-19-10-14(15)18/h11-13,16-17H,2-10H2,1H3,(H2,15,18). The van der Waals surface area contributed by atoms with Gasteiger partial charge in [-0.1, -0.05) is 19.8 Å². The van der Waals surface area contributed by atoms with Gasteiger partial charge in [-0.25, -0.2) is 0 Å². The molecular formula is C14H28N2O4. The van der Waals surface area contributed by atoms with Crippen LogP contribution in [0.15, 0.2) is 0 Å². The van der Waals surface area contributed by atoms with Gasteiger partial charge in [-0.2, -0.15) is 0 Å². The maximum absolute atomic E-state index is 10.4. The molecule has 118 valence electrons. The number of carbonyl (C=O) groups is 1. The zero-order valence-electron chi connectivity index (χ0n) is 12.3. The highest BCUT2D eigenvalue weighted by Crippen LogP contribution is 2.26. The second-order valence-electron chi connectivity index (χ2n) is 5.51. The molecule has 1 aliphatic rings. The van der Waals surface area contributed by atoms with E-state index < -0.39 is 12.0 Å². The number of hydrogen-bond acceptors (Lipinski definition) is 5. The SMILES string of the molecule is CC1CCCCC1OCC(O)CNCCOCC(N)=O. The predicted molar refractivity (Wildman–Crippen MR) is 76.3 cm³/mol. The van der Waals surface area contributed by atoms with E-state index in [1.165, 1.54) is 19.3 Å². The Balaban J connectivity index is 1.97. The first-order chi connectivity index (χ1) is 9.59. The van der Waals surface area contributed by atoms with Crippen LogP contribution in [0.3, 0.4) is 0 Å². The molecule has 6 heteroatoms. The molecule has 0 radical (unpaired) electrons. The minimum absolute atomic E-state index is 0.0626. The van der Waals surface area contributed by atoms with Gasteiger partial charge in [-0.05, 0) is 18.8 Å². The topological polar surface area (TPSA) is 93.8 Å². The number of aliphatic hydroxyl groups excluding tert-OH is 1. The highest BCUT2D eigenvalue weighted by molar-refractivity contribution is 5.74. The van der Waals surface area contributed by atoms with E-state index in [1.807, 2.05) is 0 Å². The van der Waals surface area contributed by atoms with Gasteiger partial charge in [0.15, 0.2) is 0 Å². The van der Waals surface area contributed by atoms with Crippen LogP contribution in [-0.4, -0.2) is 56.1 Å². The molecule has 0 aromatic heterocycles. The fourth-order valence-electron chi connectivity index (χ4n) is 2.41. The third-order valence-corrected chi connectivity index (χ3v) is 3.58. The molecule has 0 aromatic carbocycles. The quantitative estimate of drug-likeness (QED) is 0.493. The number of primary amides is 1. The molecule has 3 unspecified atom stereocenters. The molecule has 20 heavy (non-hydrogen) atoms. The van der Waals surface area contributed by atoms with Gasteiger partial charge in [-0.15, -0.1) is 0 Å². The van der Waals surface area contributed by atoms with Crippen LogP contribution < -0.4 is 11.1 Å². The van der Waals surface area contributed by atoms with Crippen LogP contribution in [-0.2, 0) is 14.3 Å². The first-order valence-electron chi connectivity index (χ1n) is 7.46. The van der Waals surface area contributed by atoms with E-state index in [9.17, 15) is 9.90 Å². The summed E-state index contributed by atoms with van der Waals surface area (Å²) in [4.78, 5) is 10.4. The molecule has 3 atom stereocenters. The number of carbonyl (C=O) groups excluding carboxylic acids is 1. The van der Waals surface area contributed by atoms with Crippen molar-refractivity contribution in [1.82, 2.24) is 5.32 Å². The molecule has 1 fully saturated rings. The predicted octanol–water partition coefficient (Wildman–Crippen LogP) is 0.0341. The van der Waals surface area contributed by atoms with Crippen LogP contribution >= 0.6 is 0 Å². The molecule has 1 rings (SSSR count). The monoisotopic (exact) mass is 288 g/mol. The summed E-state index contributed by atoms with van der Waals surface area (Å²) in [7, 11) is 0. The molecule has 1 saturated carbocycles. The summed E-state index contributed by atoms with van der Waals surface area (Å²) in [6, 6.07) is 0. The molecule has 1 aliphatic carbocycles. The smallest absolute Gasteiger partial charge is 0.243 e. The first-order valence-corrected chi connectivity index (χ1v) is 7.46. The van der Waals surface area contributed by atoms with Crippen LogP contribution in [0.25, 0.3) is 0 Å². The molecule has 0 aliphatic heterocycles. The molecule has 0 spiro atoms. The van der Waals surface area contributed by atoms with Crippen molar-refractivity contribution in [2.75, 3.05) is 32.9 Å². The van der Waals surface area contributed by atoms with Crippen molar-refractivity contribution in [3.8, 4) is 0 Å². The Morgan fingerprint density at radius 1 is 1.45 bits per heavy atom. The molecule has 6 nitrogen and oxygen atoms in total. The van der Waals surface area contributed by atoms with Crippen LogP contribution in [0.2, 0.25) is 0 Å². The van der Waals surface area contributed by atoms with Crippen molar-refractivity contribution in [2.24, 2.45) is 11.7 Å². The first kappa shape index (κ1) is 17.4. The Morgan fingerprint density at radius 3 is 2.90 bits per heavy atom. The number of amides is 1. The highest BCUT2D eigenvalue weighted by atomic mass is 16.5. The van der Waals surface area contributed by atoms with Crippen molar-refractivity contribution >= 4 is 5.91 Å². The largest absolute Gasteiger partial charge is 0.389 e. The Bertz CT molecular complexity index is 276. The Kier molecular flexibility index (Phi) is 8.77. The normalized spacial score (nSPS) is 24.5. The molecule has 0 aromatic rings. The van der Waals surface area contributed by atoms with Gasteiger partial charge in [0.1, 0.15) is 6.61 Å². The van der Waals surface area contributed by atoms with Crippen molar-refractivity contribution in [1.29, 1.82) is 0 Å². The second-order valence-corrected chi connectivity index (χ2v) is 5.51. The summed E-state index contributed by atoms with van der Waals surface area (Å²) in [5.41, 5.74) is 4.94. The number of aliphatic hydroxyl groups is 1. The molecule has 0 bridgehead atoms. The number of ether oxygens (including phenoxy) is 2. The average molecular weight is 288 g/mol. The number of nitrogens with one attached hydrogen (secondary N) is 1. The lowest BCUT2D eigenvalue weighted by Crippen LogP contribution is -2.35. The Morgan fingerprint density at radius 2 is 2.20 bits per heavy atom. The molecule has 0 saturated heterocycles. The lowest BCUT2D eigenvalue weighted by atomic mass is 9.88. The van der Waals surface area contributed by atoms with Gasteiger partial charge >= 0.3 is 0 Å². The summed E-state index contributed by atoms with van der Waals surface area (Å²) in [6.45, 7) is 3.95.